The second kappa shape index (κ2) is 5.09. The summed E-state index contributed by atoms with van der Waals surface area (Å²) in [6, 6.07) is 1.08. The lowest BCUT2D eigenvalue weighted by molar-refractivity contribution is 0.0691. The van der Waals surface area contributed by atoms with Gasteiger partial charge in [0.2, 0.25) is 10.0 Å². The monoisotopic (exact) mass is 274 g/mol. The van der Waals surface area contributed by atoms with E-state index in [2.05, 4.69) is 9.71 Å². The molecule has 1 aromatic heterocycles. The standard InChI is InChI=1S/C10H14N2O5S/c13-10(14)9-4-8(6-11-9)18(15,16)12-5-7-2-1-3-17-7/h4,6-7,11-12H,1-3,5H2,(H,13,14). The first kappa shape index (κ1) is 13.1. The van der Waals surface area contributed by atoms with Gasteiger partial charge in [-0.05, 0) is 18.9 Å². The predicted octanol–water partition coefficient (Wildman–Crippen LogP) is 0.170. The van der Waals surface area contributed by atoms with Crippen molar-refractivity contribution < 1.29 is 23.1 Å². The number of ether oxygens (including phenoxy) is 1. The Labute approximate surface area is 104 Å². The number of aromatic amines is 1. The number of hydrogen-bond acceptors (Lipinski definition) is 4. The highest BCUT2D eigenvalue weighted by Crippen LogP contribution is 2.14. The predicted molar refractivity (Wildman–Crippen MR) is 61.9 cm³/mol. The number of aromatic carboxylic acids is 1. The minimum Gasteiger partial charge on any atom is -0.477 e. The Bertz CT molecular complexity index is 530. The third-order valence-electron chi connectivity index (χ3n) is 2.72. The fourth-order valence-electron chi connectivity index (χ4n) is 1.74. The average Bonchev–Trinajstić information content (AvgIpc) is 2.98. The molecule has 0 aliphatic carbocycles. The molecule has 1 aromatic rings. The number of aromatic nitrogens is 1. The van der Waals surface area contributed by atoms with Crippen molar-refractivity contribution in [2.45, 2.75) is 23.8 Å². The van der Waals surface area contributed by atoms with Gasteiger partial charge in [-0.2, -0.15) is 0 Å². The summed E-state index contributed by atoms with van der Waals surface area (Å²) in [7, 11) is -3.69. The van der Waals surface area contributed by atoms with E-state index in [0.29, 0.717) is 6.61 Å². The molecule has 0 aromatic carbocycles. The van der Waals surface area contributed by atoms with E-state index in [-0.39, 0.29) is 23.2 Å². The quantitative estimate of drug-likeness (QED) is 0.709. The van der Waals surface area contributed by atoms with Crippen LogP contribution in [0.1, 0.15) is 23.3 Å². The summed E-state index contributed by atoms with van der Waals surface area (Å²) in [6.45, 7) is 0.857. The Hall–Kier alpha value is -1.38. The van der Waals surface area contributed by atoms with Crippen LogP contribution >= 0.6 is 0 Å². The number of nitrogens with one attached hydrogen (secondary N) is 2. The minimum atomic E-state index is -3.69. The Kier molecular flexibility index (Phi) is 3.69. The van der Waals surface area contributed by atoms with E-state index in [1.54, 1.807) is 0 Å². The van der Waals surface area contributed by atoms with Crippen molar-refractivity contribution in [2.24, 2.45) is 0 Å². The van der Waals surface area contributed by atoms with Gasteiger partial charge in [0.1, 0.15) is 10.6 Å². The fraction of sp³-hybridized carbons (Fsp3) is 0.500. The highest BCUT2D eigenvalue weighted by molar-refractivity contribution is 7.89. The van der Waals surface area contributed by atoms with Crippen LogP contribution in [0.15, 0.2) is 17.2 Å². The van der Waals surface area contributed by atoms with Crippen LogP contribution < -0.4 is 4.72 Å². The molecule has 0 radical (unpaired) electrons. The van der Waals surface area contributed by atoms with Gasteiger partial charge in [-0.15, -0.1) is 0 Å². The summed E-state index contributed by atoms with van der Waals surface area (Å²) in [5.74, 6) is -1.20. The molecule has 0 spiro atoms. The number of hydrogen-bond donors (Lipinski definition) is 3. The van der Waals surface area contributed by atoms with Crippen molar-refractivity contribution >= 4 is 16.0 Å². The van der Waals surface area contributed by atoms with E-state index in [4.69, 9.17) is 9.84 Å². The molecular weight excluding hydrogens is 260 g/mol. The molecule has 100 valence electrons. The van der Waals surface area contributed by atoms with Gasteiger partial charge < -0.3 is 14.8 Å². The van der Waals surface area contributed by atoms with Crippen molar-refractivity contribution in [1.82, 2.24) is 9.71 Å². The first-order valence-electron chi connectivity index (χ1n) is 5.52. The molecule has 1 fully saturated rings. The first-order chi connectivity index (χ1) is 8.49. The van der Waals surface area contributed by atoms with Crippen LogP contribution in [-0.4, -0.2) is 43.7 Å². The van der Waals surface area contributed by atoms with Crippen LogP contribution in [0, 0.1) is 0 Å². The molecule has 1 aliphatic rings. The Morgan fingerprint density at radius 3 is 2.94 bits per heavy atom. The lowest BCUT2D eigenvalue weighted by Gasteiger charge is -2.10. The van der Waals surface area contributed by atoms with Crippen LogP contribution in [0.4, 0.5) is 0 Å². The largest absolute Gasteiger partial charge is 0.477 e. The molecule has 2 heterocycles. The smallest absolute Gasteiger partial charge is 0.352 e. The molecule has 0 bridgehead atoms. The van der Waals surface area contributed by atoms with Gasteiger partial charge in [-0.25, -0.2) is 17.9 Å². The lowest BCUT2D eigenvalue weighted by atomic mass is 10.2. The van der Waals surface area contributed by atoms with Gasteiger partial charge in [0.25, 0.3) is 0 Å². The van der Waals surface area contributed by atoms with Gasteiger partial charge in [0, 0.05) is 19.3 Å². The molecule has 8 heteroatoms. The summed E-state index contributed by atoms with van der Waals surface area (Å²) in [5.41, 5.74) is -0.160. The molecule has 1 aliphatic heterocycles. The summed E-state index contributed by atoms with van der Waals surface area (Å²) in [5, 5.41) is 8.70. The molecule has 2 rings (SSSR count). The van der Waals surface area contributed by atoms with E-state index in [0.717, 1.165) is 25.1 Å². The van der Waals surface area contributed by atoms with E-state index < -0.39 is 16.0 Å². The number of carbonyl (C=O) groups is 1. The van der Waals surface area contributed by atoms with Gasteiger partial charge in [-0.3, -0.25) is 0 Å². The van der Waals surface area contributed by atoms with Crippen molar-refractivity contribution in [3.63, 3.8) is 0 Å². The highest BCUT2D eigenvalue weighted by Gasteiger charge is 2.21. The van der Waals surface area contributed by atoms with E-state index in [1.807, 2.05) is 0 Å². The van der Waals surface area contributed by atoms with Crippen LogP contribution in [0.2, 0.25) is 0 Å². The SMILES string of the molecule is O=C(O)c1cc(S(=O)(=O)NCC2CCCO2)c[nH]1. The molecule has 7 nitrogen and oxygen atoms in total. The van der Waals surface area contributed by atoms with E-state index >= 15 is 0 Å². The fourth-order valence-corrected chi connectivity index (χ4v) is 2.80. The molecule has 1 unspecified atom stereocenters. The Morgan fingerprint density at radius 2 is 2.39 bits per heavy atom. The Balaban J connectivity index is 2.02. The third-order valence-corrected chi connectivity index (χ3v) is 4.13. The molecular formula is C10H14N2O5S. The number of rotatable bonds is 5. The van der Waals surface area contributed by atoms with Gasteiger partial charge >= 0.3 is 5.97 Å². The summed E-state index contributed by atoms with van der Waals surface area (Å²) >= 11 is 0. The molecule has 0 amide bonds. The first-order valence-corrected chi connectivity index (χ1v) is 7.00. The highest BCUT2D eigenvalue weighted by atomic mass is 32.2. The van der Waals surface area contributed by atoms with Crippen molar-refractivity contribution in [3.8, 4) is 0 Å². The van der Waals surface area contributed by atoms with Crippen molar-refractivity contribution in [3.05, 3.63) is 18.0 Å². The minimum absolute atomic E-state index is 0.0853. The average molecular weight is 274 g/mol. The molecule has 0 saturated carbocycles. The summed E-state index contributed by atoms with van der Waals surface area (Å²) in [4.78, 5) is 12.9. The van der Waals surface area contributed by atoms with Crippen LogP contribution in [0.3, 0.4) is 0 Å². The van der Waals surface area contributed by atoms with Crippen molar-refractivity contribution in [1.29, 1.82) is 0 Å². The lowest BCUT2D eigenvalue weighted by Crippen LogP contribution is -2.31. The van der Waals surface area contributed by atoms with Crippen molar-refractivity contribution in [2.75, 3.05) is 13.2 Å². The van der Waals surface area contributed by atoms with E-state index in [9.17, 15) is 13.2 Å². The zero-order valence-corrected chi connectivity index (χ0v) is 10.4. The second-order valence-corrected chi connectivity index (χ2v) is 5.81. The summed E-state index contributed by atoms with van der Waals surface area (Å²) < 4.78 is 31.4. The second-order valence-electron chi connectivity index (χ2n) is 4.04. The normalized spacial score (nSPS) is 20.1. The number of H-pyrrole nitrogens is 1. The maximum absolute atomic E-state index is 11.8. The summed E-state index contributed by atoms with van der Waals surface area (Å²) in [6.07, 6.45) is 2.81. The van der Waals surface area contributed by atoms with Crippen LogP contribution in [0.25, 0.3) is 0 Å². The topological polar surface area (TPSA) is 108 Å². The van der Waals surface area contributed by atoms with Crippen LogP contribution in [0.5, 0.6) is 0 Å². The number of carboxylic acid groups (broad SMARTS) is 1. The van der Waals surface area contributed by atoms with Gasteiger partial charge in [-0.1, -0.05) is 0 Å². The number of sulfonamides is 1. The van der Waals surface area contributed by atoms with Gasteiger partial charge in [0.05, 0.1) is 6.10 Å². The van der Waals surface area contributed by atoms with Gasteiger partial charge in [0.15, 0.2) is 0 Å². The Morgan fingerprint density at radius 1 is 1.61 bits per heavy atom. The molecule has 1 atom stereocenters. The zero-order chi connectivity index (χ0) is 13.2. The van der Waals surface area contributed by atoms with Crippen LogP contribution in [-0.2, 0) is 14.8 Å². The maximum Gasteiger partial charge on any atom is 0.352 e. The van der Waals surface area contributed by atoms with E-state index in [1.165, 1.54) is 0 Å². The third kappa shape index (κ3) is 2.89. The molecule has 1 saturated heterocycles. The molecule has 18 heavy (non-hydrogen) atoms. The molecule has 3 N–H and O–H groups in total. The zero-order valence-electron chi connectivity index (χ0n) is 9.55. The maximum atomic E-state index is 11.8. The number of carboxylic acids is 1.